The molecule has 0 aliphatic rings. The van der Waals surface area contributed by atoms with Gasteiger partial charge in [-0.1, -0.05) is 0 Å². The Morgan fingerprint density at radius 1 is 2.00 bits per heavy atom. The Balaban J connectivity index is 2.62. The molecule has 5 heavy (non-hydrogen) atoms. The van der Waals surface area contributed by atoms with Crippen LogP contribution in [0.25, 0.3) is 0 Å². The minimum absolute atomic E-state index is 0.959. The third-order valence-corrected chi connectivity index (χ3v) is 1.59. The zero-order chi connectivity index (χ0) is 4.12. The monoisotopic (exact) mass is 204 g/mol. The van der Waals surface area contributed by atoms with E-state index in [2.05, 4.69) is 4.74 Å². The second-order valence-electron chi connectivity index (χ2n) is 0.539. The van der Waals surface area contributed by atoms with Gasteiger partial charge in [0.15, 0.2) is 0 Å². The van der Waals surface area contributed by atoms with Gasteiger partial charge in [0, 0.05) is 0 Å². The third-order valence-electron chi connectivity index (χ3n) is 0.199. The number of hydrogen-bond donors (Lipinski definition) is 0. The van der Waals surface area contributed by atoms with Crippen molar-refractivity contribution in [3.63, 3.8) is 0 Å². The molecule has 0 aromatic carbocycles. The van der Waals surface area contributed by atoms with Gasteiger partial charge in [-0.2, -0.15) is 0 Å². The van der Waals surface area contributed by atoms with Crippen LogP contribution in [0.3, 0.4) is 0 Å². The van der Waals surface area contributed by atoms with Crippen molar-refractivity contribution in [3.8, 4) is 0 Å². The maximum absolute atomic E-state index is 3.95. The molecule has 3 heteroatoms. The molecule has 0 aromatic rings. The summed E-state index contributed by atoms with van der Waals surface area (Å²) in [5.41, 5.74) is 0. The van der Waals surface area contributed by atoms with Gasteiger partial charge in [0.05, 0.1) is 0 Å². The summed E-state index contributed by atoms with van der Waals surface area (Å²) in [4.78, 5) is 0. The van der Waals surface area contributed by atoms with Crippen molar-refractivity contribution in [2.45, 2.75) is 6.92 Å². The molecule has 1 nitrogen and oxygen atoms in total. The molecule has 0 heterocycles. The Morgan fingerprint density at radius 2 is 2.60 bits per heavy atom. The van der Waals surface area contributed by atoms with Crippen LogP contribution in [-0.4, -0.2) is 28.3 Å². The quantitative estimate of drug-likeness (QED) is 0.447. The van der Waals surface area contributed by atoms with Crippen molar-refractivity contribution in [1.82, 2.24) is 0 Å². The van der Waals surface area contributed by atoms with Crippen molar-refractivity contribution < 1.29 is 0 Å². The molecule has 1 radical (unpaired) electrons. The van der Waals surface area contributed by atoms with E-state index < -0.39 is 0 Å². The van der Waals surface area contributed by atoms with Crippen molar-refractivity contribution in [3.05, 3.63) is 0 Å². The third kappa shape index (κ3) is 4.89. The fraction of sp³-hybridized carbons (Fsp3) is 1.00. The van der Waals surface area contributed by atoms with Crippen LogP contribution < -0.4 is 0 Å². The van der Waals surface area contributed by atoms with Gasteiger partial charge in [-0.15, -0.1) is 0 Å². The van der Waals surface area contributed by atoms with Gasteiger partial charge >= 0.3 is 46.0 Å². The average molecular weight is 202 g/mol. The molecule has 29 valence electrons. The summed E-state index contributed by atoms with van der Waals surface area (Å²) < 4.78 is 3.95. The van der Waals surface area contributed by atoms with Gasteiger partial charge in [0.1, 0.15) is 0 Å². The molecule has 0 aliphatic carbocycles. The van der Waals surface area contributed by atoms with Crippen LogP contribution in [0.15, 0.2) is 4.74 Å². The first-order valence-electron chi connectivity index (χ1n) is 1.41. The molecular weight excluding hydrogens is 197 g/mol. The fourth-order valence-electron chi connectivity index (χ4n) is 0.0577. The standard InChI is InChI=1S/C2H5NPTe/c1-2-3-4-5/h2H2,1H3. The molecule has 0 atom stereocenters. The molecule has 0 bridgehead atoms. The Labute approximate surface area is 46.3 Å². The van der Waals surface area contributed by atoms with Crippen molar-refractivity contribution in [2.75, 3.05) is 6.54 Å². The van der Waals surface area contributed by atoms with Crippen LogP contribution in [-0.2, 0) is 0 Å². The van der Waals surface area contributed by atoms with Crippen LogP contribution >= 0.6 is 6.06 Å². The van der Waals surface area contributed by atoms with Crippen molar-refractivity contribution >= 4 is 27.8 Å². The first-order valence-corrected chi connectivity index (χ1v) is 5.30. The molecule has 0 saturated carbocycles. The van der Waals surface area contributed by atoms with E-state index in [0.717, 1.165) is 12.6 Å². The molecule has 0 rings (SSSR count). The Kier molecular flexibility index (Phi) is 5.76. The summed E-state index contributed by atoms with van der Waals surface area (Å²) in [5.74, 6) is 0. The van der Waals surface area contributed by atoms with Crippen LogP contribution in [0, 0.1) is 0 Å². The first-order chi connectivity index (χ1) is 2.41. The molecule has 0 unspecified atom stereocenters. The van der Waals surface area contributed by atoms with Crippen LogP contribution in [0.4, 0.5) is 0 Å². The van der Waals surface area contributed by atoms with Gasteiger partial charge in [-0.05, 0) is 0 Å². The van der Waals surface area contributed by atoms with Gasteiger partial charge in [0.2, 0.25) is 0 Å². The van der Waals surface area contributed by atoms with Crippen LogP contribution in [0.2, 0.25) is 0 Å². The predicted molar refractivity (Wildman–Crippen MR) is 25.6 cm³/mol. The molecule has 0 aromatic heterocycles. The van der Waals surface area contributed by atoms with E-state index in [1.165, 1.54) is 0 Å². The minimum atomic E-state index is 0.959. The Hall–Kier alpha value is 0.890. The Bertz CT molecular complexity index is 36.6. The van der Waals surface area contributed by atoms with Gasteiger partial charge in [-0.3, -0.25) is 0 Å². The van der Waals surface area contributed by atoms with Crippen molar-refractivity contribution in [2.24, 2.45) is 4.74 Å². The number of rotatable bonds is 1. The summed E-state index contributed by atoms with van der Waals surface area (Å²) in [5, 5.41) is 0. The molecule has 0 amide bonds. The van der Waals surface area contributed by atoms with E-state index in [0.29, 0.717) is 0 Å². The van der Waals surface area contributed by atoms with E-state index in [-0.39, 0.29) is 0 Å². The molecule has 0 spiro atoms. The SMILES string of the molecule is CCN=P[Te]. The Morgan fingerprint density at radius 3 is 2.60 bits per heavy atom. The zero-order valence-corrected chi connectivity index (χ0v) is 6.23. The second-order valence-corrected chi connectivity index (χ2v) is 2.38. The van der Waals surface area contributed by atoms with E-state index in [1.807, 2.05) is 28.7 Å². The fourth-order valence-corrected chi connectivity index (χ4v) is 1.16. The van der Waals surface area contributed by atoms with Gasteiger partial charge in [-0.25, -0.2) is 0 Å². The molecule has 0 fully saturated rings. The second kappa shape index (κ2) is 4.89. The van der Waals surface area contributed by atoms with Gasteiger partial charge < -0.3 is 0 Å². The molecule has 0 aliphatic heterocycles. The normalized spacial score (nSPS) is 10.0. The molecule has 0 saturated heterocycles. The van der Waals surface area contributed by atoms with E-state index in [4.69, 9.17) is 0 Å². The number of nitrogens with zero attached hydrogens (tertiary/aromatic N) is 1. The van der Waals surface area contributed by atoms with Crippen LogP contribution in [0.1, 0.15) is 6.92 Å². The first kappa shape index (κ1) is 5.89. The maximum atomic E-state index is 3.95. The molecular formula is C2H5NPTe. The zero-order valence-electron chi connectivity index (χ0n) is 3.01. The average Bonchev–Trinajstić information content (AvgIpc) is 1.41. The topological polar surface area (TPSA) is 12.4 Å². The number of hydrogen-bond acceptors (Lipinski definition) is 1. The summed E-state index contributed by atoms with van der Waals surface area (Å²) in [6.45, 7) is 3.00. The van der Waals surface area contributed by atoms with Crippen molar-refractivity contribution in [1.29, 1.82) is 0 Å². The van der Waals surface area contributed by atoms with Gasteiger partial charge in [0.25, 0.3) is 0 Å². The summed E-state index contributed by atoms with van der Waals surface area (Å²) in [6, 6.07) is 1.16. The summed E-state index contributed by atoms with van der Waals surface area (Å²) in [6.07, 6.45) is 0. The summed E-state index contributed by atoms with van der Waals surface area (Å²) >= 11 is 1.96. The van der Waals surface area contributed by atoms with Crippen LogP contribution in [0.5, 0.6) is 0 Å². The molecule has 0 N–H and O–H groups in total. The van der Waals surface area contributed by atoms with E-state index >= 15 is 0 Å². The summed E-state index contributed by atoms with van der Waals surface area (Å²) in [7, 11) is 0. The van der Waals surface area contributed by atoms with E-state index in [9.17, 15) is 0 Å². The van der Waals surface area contributed by atoms with E-state index in [1.54, 1.807) is 0 Å². The predicted octanol–water partition coefficient (Wildman–Crippen LogP) is 1.22.